The predicted octanol–water partition coefficient (Wildman–Crippen LogP) is 5.51. The van der Waals surface area contributed by atoms with Gasteiger partial charge >= 0.3 is 0 Å². The molecule has 3 aromatic rings. The van der Waals surface area contributed by atoms with Crippen molar-refractivity contribution >= 4 is 40.9 Å². The molecular weight excluding hydrogens is 470 g/mol. The molecule has 2 aromatic carbocycles. The molecule has 1 unspecified atom stereocenters. The monoisotopic (exact) mass is 499 g/mol. The van der Waals surface area contributed by atoms with E-state index in [4.69, 9.17) is 11.6 Å². The van der Waals surface area contributed by atoms with Gasteiger partial charge in [-0.25, -0.2) is 0 Å². The maximum Gasteiger partial charge on any atom is 0.253 e. The van der Waals surface area contributed by atoms with Crippen LogP contribution in [0.1, 0.15) is 55.0 Å². The highest BCUT2D eigenvalue weighted by Gasteiger charge is 2.25. The minimum atomic E-state index is -0.341. The summed E-state index contributed by atoms with van der Waals surface area (Å²) in [7, 11) is 0. The molecule has 0 saturated carbocycles. The first-order valence-electron chi connectivity index (χ1n) is 11.3. The Morgan fingerprint density at radius 2 is 1.88 bits per heavy atom. The van der Waals surface area contributed by atoms with Crippen molar-refractivity contribution in [2.45, 2.75) is 51.9 Å². The van der Waals surface area contributed by atoms with E-state index in [0.717, 1.165) is 11.3 Å². The van der Waals surface area contributed by atoms with E-state index < -0.39 is 0 Å². The highest BCUT2D eigenvalue weighted by atomic mass is 35.5. The minimum absolute atomic E-state index is 0.117. The van der Waals surface area contributed by atoms with Crippen LogP contribution in [0.5, 0.6) is 0 Å². The van der Waals surface area contributed by atoms with Gasteiger partial charge in [0.05, 0.1) is 22.4 Å². The van der Waals surface area contributed by atoms with Crippen molar-refractivity contribution in [1.82, 2.24) is 20.1 Å². The first-order chi connectivity index (χ1) is 16.3. The van der Waals surface area contributed by atoms with Gasteiger partial charge < -0.3 is 15.2 Å². The zero-order valence-corrected chi connectivity index (χ0v) is 21.4. The summed E-state index contributed by atoms with van der Waals surface area (Å²) in [5, 5.41) is 15.7. The van der Waals surface area contributed by atoms with Crippen LogP contribution in [0.4, 0.5) is 5.69 Å². The molecule has 0 spiro atoms. The van der Waals surface area contributed by atoms with Gasteiger partial charge in [-0.1, -0.05) is 61.5 Å². The smallest absolute Gasteiger partial charge is 0.253 e. The van der Waals surface area contributed by atoms with Crippen molar-refractivity contribution in [1.29, 1.82) is 0 Å². The van der Waals surface area contributed by atoms with Crippen molar-refractivity contribution in [2.75, 3.05) is 11.1 Å². The maximum absolute atomic E-state index is 12.9. The van der Waals surface area contributed by atoms with Gasteiger partial charge in [0.2, 0.25) is 5.91 Å². The Bertz CT molecular complexity index is 1150. The van der Waals surface area contributed by atoms with Gasteiger partial charge in [-0.15, -0.1) is 10.2 Å². The molecule has 34 heavy (non-hydrogen) atoms. The summed E-state index contributed by atoms with van der Waals surface area (Å²) in [5.41, 5.74) is 2.27. The predicted molar refractivity (Wildman–Crippen MR) is 137 cm³/mol. The number of amides is 2. The minimum Gasteiger partial charge on any atom is -0.342 e. The first-order valence-corrected chi connectivity index (χ1v) is 12.6. The van der Waals surface area contributed by atoms with E-state index in [-0.39, 0.29) is 23.6 Å². The third-order valence-corrected chi connectivity index (χ3v) is 6.43. The summed E-state index contributed by atoms with van der Waals surface area (Å²) in [6.07, 6.45) is 0.687. The average Bonchev–Trinajstić information content (AvgIpc) is 3.20. The zero-order chi connectivity index (χ0) is 24.7. The van der Waals surface area contributed by atoms with Gasteiger partial charge in [-0.2, -0.15) is 0 Å². The number of halogens is 1. The molecule has 2 N–H and O–H groups in total. The molecule has 0 aliphatic rings. The molecule has 9 heteroatoms. The molecule has 2 amide bonds. The van der Waals surface area contributed by atoms with Crippen LogP contribution in [0, 0.1) is 12.8 Å². The molecule has 180 valence electrons. The quantitative estimate of drug-likeness (QED) is 0.359. The topological polar surface area (TPSA) is 88.9 Å². The lowest BCUT2D eigenvalue weighted by molar-refractivity contribution is -0.113. The van der Waals surface area contributed by atoms with Gasteiger partial charge in [-0.3, -0.25) is 9.59 Å². The second-order valence-electron chi connectivity index (χ2n) is 8.43. The zero-order valence-electron chi connectivity index (χ0n) is 19.8. The van der Waals surface area contributed by atoms with E-state index in [1.165, 1.54) is 11.8 Å². The van der Waals surface area contributed by atoms with Crippen molar-refractivity contribution in [3.8, 4) is 0 Å². The van der Waals surface area contributed by atoms with Crippen LogP contribution in [0.3, 0.4) is 0 Å². The van der Waals surface area contributed by atoms with Crippen LogP contribution in [0.15, 0.2) is 53.7 Å². The SMILES string of the molecule is CCn1c(SCC(=O)Nc2cccc(C)c2)nnc1C(CC(C)C)NC(=O)c1ccccc1Cl. The number of hydrogen-bond acceptors (Lipinski definition) is 5. The Hall–Kier alpha value is -2.84. The summed E-state index contributed by atoms with van der Waals surface area (Å²) in [6.45, 7) is 8.76. The van der Waals surface area contributed by atoms with E-state index >= 15 is 0 Å². The van der Waals surface area contributed by atoms with Gasteiger partial charge in [-0.05, 0) is 56.0 Å². The summed E-state index contributed by atoms with van der Waals surface area (Å²) >= 11 is 7.54. The number of benzene rings is 2. The number of nitrogens with zero attached hydrogens (tertiary/aromatic N) is 3. The molecule has 0 bridgehead atoms. The van der Waals surface area contributed by atoms with Crippen molar-refractivity contribution in [3.05, 3.63) is 70.5 Å². The Balaban J connectivity index is 1.74. The number of aryl methyl sites for hydroxylation is 1. The summed E-state index contributed by atoms with van der Waals surface area (Å²) in [6, 6.07) is 14.3. The number of aromatic nitrogens is 3. The van der Waals surface area contributed by atoms with Gasteiger partial charge in [0, 0.05) is 12.2 Å². The lowest BCUT2D eigenvalue weighted by atomic mass is 10.0. The van der Waals surface area contributed by atoms with Crippen molar-refractivity contribution in [2.24, 2.45) is 5.92 Å². The number of carbonyl (C=O) groups excluding carboxylic acids is 2. The molecule has 1 atom stereocenters. The maximum atomic E-state index is 12.9. The first kappa shape index (κ1) is 25.8. The van der Waals surface area contributed by atoms with Crippen LogP contribution in [0.25, 0.3) is 0 Å². The highest BCUT2D eigenvalue weighted by molar-refractivity contribution is 7.99. The fraction of sp³-hybridized carbons (Fsp3) is 0.360. The second kappa shape index (κ2) is 12.0. The third-order valence-electron chi connectivity index (χ3n) is 5.14. The number of rotatable bonds is 10. The summed E-state index contributed by atoms with van der Waals surface area (Å²) in [4.78, 5) is 25.4. The third kappa shape index (κ3) is 6.84. The van der Waals surface area contributed by atoms with E-state index in [9.17, 15) is 9.59 Å². The number of thioether (sulfide) groups is 1. The Kier molecular flexibility index (Phi) is 9.12. The van der Waals surface area contributed by atoms with Crippen molar-refractivity contribution in [3.63, 3.8) is 0 Å². The number of carbonyl (C=O) groups is 2. The summed E-state index contributed by atoms with van der Waals surface area (Å²) < 4.78 is 1.95. The average molecular weight is 500 g/mol. The standard InChI is InChI=1S/C25H30ClN5O2S/c1-5-31-23(21(13-16(2)3)28-24(33)19-11-6-7-12-20(19)26)29-30-25(31)34-15-22(32)27-18-10-8-9-17(4)14-18/h6-12,14,16,21H,5,13,15H2,1-4H3,(H,27,32)(H,28,33). The molecule has 0 fully saturated rings. The number of nitrogens with one attached hydrogen (secondary N) is 2. The van der Waals surface area contributed by atoms with Crippen LogP contribution in [-0.4, -0.2) is 32.3 Å². The molecule has 0 aliphatic heterocycles. The second-order valence-corrected chi connectivity index (χ2v) is 9.78. The van der Waals surface area contributed by atoms with Gasteiger partial charge in [0.15, 0.2) is 11.0 Å². The largest absolute Gasteiger partial charge is 0.342 e. The molecule has 3 rings (SSSR count). The van der Waals surface area contributed by atoms with E-state index in [2.05, 4.69) is 34.7 Å². The Morgan fingerprint density at radius 1 is 1.12 bits per heavy atom. The fourth-order valence-corrected chi connectivity index (χ4v) is 4.62. The number of hydrogen-bond donors (Lipinski definition) is 2. The van der Waals surface area contributed by atoms with Crippen LogP contribution >= 0.6 is 23.4 Å². The lowest BCUT2D eigenvalue weighted by Gasteiger charge is -2.21. The Labute approximate surface area is 209 Å². The molecule has 0 saturated heterocycles. The van der Waals surface area contributed by atoms with Crippen LogP contribution < -0.4 is 10.6 Å². The lowest BCUT2D eigenvalue weighted by Crippen LogP contribution is -2.31. The highest BCUT2D eigenvalue weighted by Crippen LogP contribution is 2.26. The Morgan fingerprint density at radius 3 is 2.56 bits per heavy atom. The normalized spacial score (nSPS) is 11.9. The molecule has 1 heterocycles. The fourth-order valence-electron chi connectivity index (χ4n) is 3.59. The van der Waals surface area contributed by atoms with Gasteiger partial charge in [0.25, 0.3) is 5.91 Å². The van der Waals surface area contributed by atoms with Crippen molar-refractivity contribution < 1.29 is 9.59 Å². The molecule has 7 nitrogen and oxygen atoms in total. The van der Waals surface area contributed by atoms with E-state index in [0.29, 0.717) is 40.5 Å². The van der Waals surface area contributed by atoms with Crippen LogP contribution in [0.2, 0.25) is 5.02 Å². The molecule has 1 aromatic heterocycles. The number of anilines is 1. The molecular formula is C25H30ClN5O2S. The molecule has 0 radical (unpaired) electrons. The van der Waals surface area contributed by atoms with Crippen LogP contribution in [-0.2, 0) is 11.3 Å². The van der Waals surface area contributed by atoms with E-state index in [1.807, 2.05) is 42.7 Å². The summed E-state index contributed by atoms with van der Waals surface area (Å²) in [5.74, 6) is 0.808. The van der Waals surface area contributed by atoms with E-state index in [1.54, 1.807) is 24.3 Å². The molecule has 0 aliphatic carbocycles. The van der Waals surface area contributed by atoms with Gasteiger partial charge in [0.1, 0.15) is 0 Å².